The van der Waals surface area contributed by atoms with Crippen LogP contribution in [0.15, 0.2) is 42.5 Å². The van der Waals surface area contributed by atoms with Crippen molar-refractivity contribution in [2.24, 2.45) is 0 Å². The van der Waals surface area contributed by atoms with Crippen LogP contribution in [0.25, 0.3) is 0 Å². The van der Waals surface area contributed by atoms with Crippen molar-refractivity contribution < 1.29 is 9.13 Å². The Morgan fingerprint density at radius 1 is 1.06 bits per heavy atom. The lowest BCUT2D eigenvalue weighted by atomic mass is 10.2. The maximum absolute atomic E-state index is 13.7. The fraction of sp³-hybridized carbons (Fsp3) is 0.200. The van der Waals surface area contributed by atoms with Crippen molar-refractivity contribution in [3.8, 4) is 11.5 Å². The van der Waals surface area contributed by atoms with Crippen molar-refractivity contribution >= 4 is 11.6 Å². The molecule has 0 heterocycles. The van der Waals surface area contributed by atoms with Crippen molar-refractivity contribution in [1.82, 2.24) is 0 Å². The monoisotopic (exact) mass is 264 g/mol. The van der Waals surface area contributed by atoms with Crippen LogP contribution in [0.4, 0.5) is 4.39 Å². The summed E-state index contributed by atoms with van der Waals surface area (Å²) in [7, 11) is 0. The number of ether oxygens (including phenoxy) is 1. The van der Waals surface area contributed by atoms with Crippen molar-refractivity contribution in [2.75, 3.05) is 0 Å². The Hall–Kier alpha value is -1.54. The number of rotatable bonds is 4. The molecule has 0 aliphatic carbocycles. The van der Waals surface area contributed by atoms with E-state index in [2.05, 4.69) is 6.92 Å². The van der Waals surface area contributed by atoms with Crippen LogP contribution in [0.5, 0.6) is 11.5 Å². The number of hydrogen-bond donors (Lipinski definition) is 0. The maximum Gasteiger partial charge on any atom is 0.166 e. The van der Waals surface area contributed by atoms with Gasteiger partial charge in [-0.05, 0) is 41.8 Å². The predicted molar refractivity (Wildman–Crippen MR) is 71.9 cm³/mol. The minimum atomic E-state index is -0.396. The summed E-state index contributed by atoms with van der Waals surface area (Å²) < 4.78 is 19.2. The van der Waals surface area contributed by atoms with Gasteiger partial charge in [0.05, 0.1) is 0 Å². The highest BCUT2D eigenvalue weighted by atomic mass is 35.5. The van der Waals surface area contributed by atoms with Crippen LogP contribution in [0.2, 0.25) is 0 Å². The van der Waals surface area contributed by atoms with Gasteiger partial charge in [0.15, 0.2) is 11.6 Å². The first-order chi connectivity index (χ1) is 8.72. The summed E-state index contributed by atoms with van der Waals surface area (Å²) in [5.74, 6) is 0.744. The third kappa shape index (κ3) is 3.02. The minimum absolute atomic E-state index is 0.216. The lowest BCUT2D eigenvalue weighted by Crippen LogP contribution is -1.90. The van der Waals surface area contributed by atoms with Gasteiger partial charge >= 0.3 is 0 Å². The van der Waals surface area contributed by atoms with Crippen LogP contribution < -0.4 is 4.74 Å². The Labute approximate surface area is 111 Å². The average Bonchev–Trinajstić information content (AvgIpc) is 2.42. The van der Waals surface area contributed by atoms with E-state index in [-0.39, 0.29) is 5.75 Å². The van der Waals surface area contributed by atoms with E-state index in [1.807, 2.05) is 24.3 Å². The van der Waals surface area contributed by atoms with Gasteiger partial charge < -0.3 is 4.74 Å². The molecule has 0 aromatic heterocycles. The first-order valence-electron chi connectivity index (χ1n) is 5.84. The van der Waals surface area contributed by atoms with Crippen LogP contribution in [-0.4, -0.2) is 0 Å². The Balaban J connectivity index is 2.17. The smallest absolute Gasteiger partial charge is 0.166 e. The van der Waals surface area contributed by atoms with E-state index in [0.717, 1.165) is 12.0 Å². The highest BCUT2D eigenvalue weighted by molar-refractivity contribution is 6.17. The second-order valence-corrected chi connectivity index (χ2v) is 4.27. The Morgan fingerprint density at radius 3 is 2.28 bits per heavy atom. The van der Waals surface area contributed by atoms with E-state index >= 15 is 0 Å². The zero-order valence-corrected chi connectivity index (χ0v) is 10.9. The SMILES string of the molecule is CCc1ccc(Oc2ccc(CCl)cc2F)cc1. The van der Waals surface area contributed by atoms with E-state index in [9.17, 15) is 4.39 Å². The van der Waals surface area contributed by atoms with Crippen LogP contribution >= 0.6 is 11.6 Å². The number of aryl methyl sites for hydroxylation is 1. The van der Waals surface area contributed by atoms with Crippen LogP contribution in [-0.2, 0) is 12.3 Å². The van der Waals surface area contributed by atoms with Gasteiger partial charge in [0.25, 0.3) is 0 Å². The molecule has 0 aliphatic rings. The van der Waals surface area contributed by atoms with Gasteiger partial charge in [-0.15, -0.1) is 11.6 Å². The third-order valence-electron chi connectivity index (χ3n) is 2.71. The molecule has 2 aromatic rings. The standard InChI is InChI=1S/C15H14ClFO/c1-2-11-3-6-13(7-4-11)18-15-8-5-12(10-16)9-14(15)17/h3-9H,2,10H2,1H3. The molecule has 0 radical (unpaired) electrons. The van der Waals surface area contributed by atoms with Gasteiger partial charge in [0.2, 0.25) is 0 Å². The van der Waals surface area contributed by atoms with Crippen molar-refractivity contribution in [3.63, 3.8) is 0 Å². The second-order valence-electron chi connectivity index (χ2n) is 4.00. The van der Waals surface area contributed by atoms with E-state index in [1.165, 1.54) is 11.6 Å². The molecule has 0 bridgehead atoms. The molecular formula is C15H14ClFO. The molecule has 3 heteroatoms. The molecule has 1 nitrogen and oxygen atoms in total. The molecule has 94 valence electrons. The molecule has 0 spiro atoms. The molecule has 0 saturated carbocycles. The fourth-order valence-corrected chi connectivity index (χ4v) is 1.80. The lowest BCUT2D eigenvalue weighted by Gasteiger charge is -2.08. The largest absolute Gasteiger partial charge is 0.454 e. The maximum atomic E-state index is 13.7. The number of hydrogen-bond acceptors (Lipinski definition) is 1. The Morgan fingerprint density at radius 2 is 1.72 bits per heavy atom. The van der Waals surface area contributed by atoms with E-state index in [4.69, 9.17) is 16.3 Å². The van der Waals surface area contributed by atoms with Gasteiger partial charge in [-0.2, -0.15) is 0 Å². The van der Waals surface area contributed by atoms with Crippen molar-refractivity contribution in [2.45, 2.75) is 19.2 Å². The summed E-state index contributed by atoms with van der Waals surface area (Å²) in [4.78, 5) is 0. The molecule has 0 unspecified atom stereocenters. The van der Waals surface area contributed by atoms with Crippen molar-refractivity contribution in [1.29, 1.82) is 0 Å². The summed E-state index contributed by atoms with van der Waals surface area (Å²) in [5.41, 5.74) is 1.96. The number of halogens is 2. The molecule has 0 N–H and O–H groups in total. The summed E-state index contributed by atoms with van der Waals surface area (Å²) in [6.07, 6.45) is 0.971. The van der Waals surface area contributed by atoms with Gasteiger partial charge in [-0.3, -0.25) is 0 Å². The van der Waals surface area contributed by atoms with E-state index in [0.29, 0.717) is 11.6 Å². The molecular weight excluding hydrogens is 251 g/mol. The van der Waals surface area contributed by atoms with Crippen LogP contribution in [0, 0.1) is 5.82 Å². The van der Waals surface area contributed by atoms with E-state index < -0.39 is 5.82 Å². The zero-order chi connectivity index (χ0) is 13.0. The second kappa shape index (κ2) is 5.87. The molecule has 0 atom stereocenters. The summed E-state index contributed by atoms with van der Waals surface area (Å²) in [5, 5.41) is 0. The first kappa shape index (κ1) is 12.9. The fourth-order valence-electron chi connectivity index (χ4n) is 1.63. The summed E-state index contributed by atoms with van der Waals surface area (Å²) in [6.45, 7) is 2.08. The van der Waals surface area contributed by atoms with Gasteiger partial charge in [0, 0.05) is 5.88 Å². The predicted octanol–water partition coefficient (Wildman–Crippen LogP) is 4.92. The molecule has 18 heavy (non-hydrogen) atoms. The minimum Gasteiger partial charge on any atom is -0.454 e. The normalized spacial score (nSPS) is 10.4. The molecule has 2 aromatic carbocycles. The van der Waals surface area contributed by atoms with Crippen LogP contribution in [0.3, 0.4) is 0 Å². The van der Waals surface area contributed by atoms with Crippen molar-refractivity contribution in [3.05, 3.63) is 59.4 Å². The highest BCUT2D eigenvalue weighted by Crippen LogP contribution is 2.25. The van der Waals surface area contributed by atoms with Gasteiger partial charge in [0.1, 0.15) is 5.75 Å². The Bertz CT molecular complexity index is 523. The van der Waals surface area contributed by atoms with E-state index in [1.54, 1.807) is 12.1 Å². The topological polar surface area (TPSA) is 9.23 Å². The quantitative estimate of drug-likeness (QED) is 0.712. The summed E-state index contributed by atoms with van der Waals surface area (Å²) >= 11 is 5.64. The molecule has 0 fully saturated rings. The third-order valence-corrected chi connectivity index (χ3v) is 3.02. The number of alkyl halides is 1. The lowest BCUT2D eigenvalue weighted by molar-refractivity contribution is 0.442. The van der Waals surface area contributed by atoms with Crippen LogP contribution in [0.1, 0.15) is 18.1 Å². The molecule has 2 rings (SSSR count). The first-order valence-corrected chi connectivity index (χ1v) is 6.37. The number of benzene rings is 2. The Kier molecular flexibility index (Phi) is 4.21. The molecule has 0 amide bonds. The molecule has 0 saturated heterocycles. The van der Waals surface area contributed by atoms with Gasteiger partial charge in [-0.25, -0.2) is 4.39 Å². The molecule has 0 aliphatic heterocycles. The van der Waals surface area contributed by atoms with Gasteiger partial charge in [-0.1, -0.05) is 25.1 Å². The zero-order valence-electron chi connectivity index (χ0n) is 10.1. The average molecular weight is 265 g/mol. The summed E-state index contributed by atoms with van der Waals surface area (Å²) in [6, 6.07) is 12.4. The highest BCUT2D eigenvalue weighted by Gasteiger charge is 2.05.